The number of amides is 1. The first kappa shape index (κ1) is 57.1. The van der Waals surface area contributed by atoms with Crippen molar-refractivity contribution in [2.75, 3.05) is 13.2 Å². The molecule has 0 aromatic carbocycles. The third-order valence-electron chi connectivity index (χ3n) is 12.7. The average Bonchev–Trinajstić information content (AvgIpc) is 3.25. The van der Waals surface area contributed by atoms with E-state index in [4.69, 9.17) is 9.47 Å². The molecule has 0 aliphatic carbocycles. The molecule has 60 heavy (non-hydrogen) atoms. The predicted molar refractivity (Wildman–Crippen MR) is 243 cm³/mol. The molecule has 8 N–H and O–H groups in total. The van der Waals surface area contributed by atoms with Crippen LogP contribution in [0.1, 0.15) is 239 Å². The molecule has 1 aliphatic rings. The number of rotatable bonds is 43. The standard InChI is InChI=1S/C49H97NO10/c1-3-5-7-9-11-13-15-17-19-20-21-23-25-27-29-31-33-35-37-42(53)48(58)50-40(39-59-49-47(57)46(56)45(55)43(38-51)60-49)44(54)41(52)36-34-32-30-28-26-24-22-18-16-14-12-10-8-6-4-2/h40-47,49,51-57H,3-39H2,1-2H3,(H,50,58). The van der Waals surface area contributed by atoms with Crippen molar-refractivity contribution in [1.29, 1.82) is 0 Å². The predicted octanol–water partition coefficient (Wildman–Crippen LogP) is 9.06. The summed E-state index contributed by atoms with van der Waals surface area (Å²) < 4.78 is 11.1. The SMILES string of the molecule is CCCCCCCCCCCCCCCCCCCCC(O)C(=O)NC(COC1OC(CO)C(O)C(O)C1O)C(O)C(O)CCCCCCCCCCCCCCCCC. The topological polar surface area (TPSA) is 189 Å². The maximum absolute atomic E-state index is 13.1. The number of ether oxygens (including phenoxy) is 2. The van der Waals surface area contributed by atoms with Gasteiger partial charge in [-0.1, -0.05) is 226 Å². The lowest BCUT2D eigenvalue weighted by Crippen LogP contribution is -2.60. The third kappa shape index (κ3) is 28.7. The van der Waals surface area contributed by atoms with E-state index in [9.17, 15) is 40.5 Å². The Kier molecular flexibility index (Phi) is 37.8. The maximum atomic E-state index is 13.1. The number of aliphatic hydroxyl groups excluding tert-OH is 7. The van der Waals surface area contributed by atoms with Crippen LogP contribution >= 0.6 is 0 Å². The minimum absolute atomic E-state index is 0.267. The molecule has 0 bridgehead atoms. The normalized spacial score (nSPS) is 21.5. The Morgan fingerprint density at radius 1 is 0.517 bits per heavy atom. The van der Waals surface area contributed by atoms with Gasteiger partial charge in [0.05, 0.1) is 25.4 Å². The third-order valence-corrected chi connectivity index (χ3v) is 12.7. The lowest BCUT2D eigenvalue weighted by molar-refractivity contribution is -0.303. The summed E-state index contributed by atoms with van der Waals surface area (Å²) in [5.41, 5.74) is 0. The molecule has 1 aliphatic heterocycles. The second-order valence-corrected chi connectivity index (χ2v) is 18.3. The minimum Gasteiger partial charge on any atom is -0.394 e. The smallest absolute Gasteiger partial charge is 0.249 e. The molecule has 11 nitrogen and oxygen atoms in total. The molecule has 1 heterocycles. The maximum Gasteiger partial charge on any atom is 0.249 e. The fourth-order valence-corrected chi connectivity index (χ4v) is 8.44. The highest BCUT2D eigenvalue weighted by Crippen LogP contribution is 2.23. The highest BCUT2D eigenvalue weighted by Gasteiger charge is 2.44. The van der Waals surface area contributed by atoms with Crippen molar-refractivity contribution >= 4 is 5.91 Å². The van der Waals surface area contributed by atoms with Gasteiger partial charge in [0.15, 0.2) is 6.29 Å². The van der Waals surface area contributed by atoms with E-state index in [0.717, 1.165) is 38.5 Å². The number of nitrogens with one attached hydrogen (secondary N) is 1. The van der Waals surface area contributed by atoms with Crippen LogP contribution in [0.2, 0.25) is 0 Å². The second-order valence-electron chi connectivity index (χ2n) is 18.3. The number of carbonyl (C=O) groups excluding carboxylic acids is 1. The lowest BCUT2D eigenvalue weighted by Gasteiger charge is -2.40. The van der Waals surface area contributed by atoms with Gasteiger partial charge in [0.25, 0.3) is 0 Å². The van der Waals surface area contributed by atoms with Gasteiger partial charge < -0.3 is 50.5 Å². The van der Waals surface area contributed by atoms with E-state index in [0.29, 0.717) is 19.3 Å². The van der Waals surface area contributed by atoms with Crippen molar-refractivity contribution in [2.45, 2.75) is 294 Å². The van der Waals surface area contributed by atoms with Gasteiger partial charge in [-0.15, -0.1) is 0 Å². The summed E-state index contributed by atoms with van der Waals surface area (Å²) in [6, 6.07) is -1.16. The molecule has 9 unspecified atom stereocenters. The highest BCUT2D eigenvalue weighted by molar-refractivity contribution is 5.80. The van der Waals surface area contributed by atoms with Crippen molar-refractivity contribution in [3.05, 3.63) is 0 Å². The molecule has 0 spiro atoms. The van der Waals surface area contributed by atoms with E-state index in [2.05, 4.69) is 19.2 Å². The molecule has 1 saturated heterocycles. The molecule has 9 atom stereocenters. The van der Waals surface area contributed by atoms with Gasteiger partial charge in [0.2, 0.25) is 5.91 Å². The van der Waals surface area contributed by atoms with Crippen LogP contribution in [0.3, 0.4) is 0 Å². The summed E-state index contributed by atoms with van der Waals surface area (Å²) in [5, 5.41) is 75.8. The van der Waals surface area contributed by atoms with E-state index < -0.39 is 74.2 Å². The van der Waals surface area contributed by atoms with E-state index >= 15 is 0 Å². The Morgan fingerprint density at radius 3 is 1.23 bits per heavy atom. The van der Waals surface area contributed by atoms with Crippen molar-refractivity contribution in [3.8, 4) is 0 Å². The average molecular weight is 860 g/mol. The van der Waals surface area contributed by atoms with Crippen LogP contribution in [0.25, 0.3) is 0 Å². The molecule has 1 amide bonds. The summed E-state index contributed by atoms with van der Waals surface area (Å²) in [6.07, 6.45) is 30.0. The molecule has 0 saturated carbocycles. The van der Waals surface area contributed by atoms with Gasteiger partial charge in [0.1, 0.15) is 36.6 Å². The Balaban J connectivity index is 2.39. The van der Waals surface area contributed by atoms with E-state index in [1.54, 1.807) is 0 Å². The van der Waals surface area contributed by atoms with Gasteiger partial charge in [-0.25, -0.2) is 0 Å². The Hall–Kier alpha value is -0.890. The zero-order valence-corrected chi connectivity index (χ0v) is 38.7. The lowest BCUT2D eigenvalue weighted by atomic mass is 9.98. The quantitative estimate of drug-likeness (QED) is 0.0275. The molecule has 0 aromatic rings. The zero-order valence-electron chi connectivity index (χ0n) is 38.7. The Morgan fingerprint density at radius 2 is 0.867 bits per heavy atom. The number of hydrogen-bond donors (Lipinski definition) is 8. The van der Waals surface area contributed by atoms with E-state index in [1.807, 2.05) is 0 Å². The van der Waals surface area contributed by atoms with Crippen LogP contribution in [-0.2, 0) is 14.3 Å². The molecule has 0 radical (unpaired) electrons. The van der Waals surface area contributed by atoms with Crippen LogP contribution in [0, 0.1) is 0 Å². The van der Waals surface area contributed by atoms with Crippen LogP contribution < -0.4 is 5.32 Å². The van der Waals surface area contributed by atoms with Crippen molar-refractivity contribution in [1.82, 2.24) is 5.32 Å². The number of carbonyl (C=O) groups is 1. The molecular weight excluding hydrogens is 763 g/mol. The minimum atomic E-state index is -1.66. The number of hydrogen-bond acceptors (Lipinski definition) is 10. The molecular formula is C49H97NO10. The van der Waals surface area contributed by atoms with E-state index in [1.165, 1.54) is 161 Å². The van der Waals surface area contributed by atoms with Crippen molar-refractivity contribution < 1.29 is 50.0 Å². The van der Waals surface area contributed by atoms with Crippen LogP contribution in [0.5, 0.6) is 0 Å². The number of unbranched alkanes of at least 4 members (excludes halogenated alkanes) is 31. The largest absolute Gasteiger partial charge is 0.394 e. The summed E-state index contributed by atoms with van der Waals surface area (Å²) in [4.78, 5) is 13.1. The summed E-state index contributed by atoms with van der Waals surface area (Å²) >= 11 is 0. The summed E-state index contributed by atoms with van der Waals surface area (Å²) in [7, 11) is 0. The molecule has 11 heteroatoms. The monoisotopic (exact) mass is 860 g/mol. The molecule has 0 aromatic heterocycles. The van der Waals surface area contributed by atoms with E-state index in [-0.39, 0.29) is 6.42 Å². The first-order valence-corrected chi connectivity index (χ1v) is 25.4. The fraction of sp³-hybridized carbons (Fsp3) is 0.980. The van der Waals surface area contributed by atoms with Gasteiger partial charge in [-0.05, 0) is 12.8 Å². The molecule has 1 rings (SSSR count). The first-order valence-electron chi connectivity index (χ1n) is 25.4. The van der Waals surface area contributed by atoms with Crippen LogP contribution in [0.4, 0.5) is 0 Å². The van der Waals surface area contributed by atoms with Crippen molar-refractivity contribution in [2.24, 2.45) is 0 Å². The number of aliphatic hydroxyl groups is 7. The fourth-order valence-electron chi connectivity index (χ4n) is 8.44. The summed E-state index contributed by atoms with van der Waals surface area (Å²) in [5.74, 6) is -0.692. The first-order chi connectivity index (χ1) is 29.2. The van der Waals surface area contributed by atoms with Crippen LogP contribution in [0.15, 0.2) is 0 Å². The van der Waals surface area contributed by atoms with Crippen LogP contribution in [-0.4, -0.2) is 110 Å². The zero-order chi connectivity index (χ0) is 44.1. The molecule has 358 valence electrons. The van der Waals surface area contributed by atoms with Crippen molar-refractivity contribution in [3.63, 3.8) is 0 Å². The Labute approximate surface area is 367 Å². The Bertz CT molecular complexity index is 944. The highest BCUT2D eigenvalue weighted by atomic mass is 16.7. The van der Waals surface area contributed by atoms with Gasteiger partial charge >= 0.3 is 0 Å². The van der Waals surface area contributed by atoms with Gasteiger partial charge in [-0.2, -0.15) is 0 Å². The van der Waals surface area contributed by atoms with Gasteiger partial charge in [0, 0.05) is 0 Å². The summed E-state index contributed by atoms with van der Waals surface area (Å²) in [6.45, 7) is 3.47. The van der Waals surface area contributed by atoms with Gasteiger partial charge in [-0.3, -0.25) is 4.79 Å². The second kappa shape index (κ2) is 39.7. The molecule has 1 fully saturated rings.